The van der Waals surface area contributed by atoms with E-state index in [-0.39, 0.29) is 16.5 Å². The normalized spacial score (nSPS) is 11.5. The Morgan fingerprint density at radius 2 is 1.93 bits per heavy atom. The van der Waals surface area contributed by atoms with Crippen LogP contribution in [0.5, 0.6) is 0 Å². The van der Waals surface area contributed by atoms with Gasteiger partial charge in [-0.1, -0.05) is 23.2 Å². The average Bonchev–Trinajstić information content (AvgIpc) is 2.07. The second-order valence-electron chi connectivity index (χ2n) is 2.31. The lowest BCUT2D eigenvalue weighted by Crippen LogP contribution is -2.10. The Balaban J connectivity index is 3.42. The number of hydrogen-bond donors (Lipinski definition) is 0. The summed E-state index contributed by atoms with van der Waals surface area (Å²) < 4.78 is 36.7. The lowest BCUT2D eigenvalue weighted by Gasteiger charge is -2.09. The largest absolute Gasteiger partial charge is 0.418 e. The minimum atomic E-state index is -4.67. The topological polar surface area (TPSA) is 30.0 Å². The fourth-order valence-electron chi connectivity index (χ4n) is 0.796. The fourth-order valence-corrected chi connectivity index (χ4v) is 1.09. The number of alkyl halides is 3. The SMILES string of the molecule is O=Cc1nc(Cl)c(Cl)cc1C(F)(F)F. The third kappa shape index (κ3) is 2.16. The number of aldehydes is 1. The zero-order valence-corrected chi connectivity index (χ0v) is 7.91. The van der Waals surface area contributed by atoms with Gasteiger partial charge in [0.2, 0.25) is 0 Å². The molecule has 76 valence electrons. The molecule has 0 radical (unpaired) electrons. The lowest BCUT2D eigenvalue weighted by atomic mass is 10.2. The summed E-state index contributed by atoms with van der Waals surface area (Å²) in [5, 5.41) is -0.675. The van der Waals surface area contributed by atoms with Gasteiger partial charge in [-0.15, -0.1) is 0 Å². The summed E-state index contributed by atoms with van der Waals surface area (Å²) in [7, 11) is 0. The predicted molar refractivity (Wildman–Crippen MR) is 44.6 cm³/mol. The summed E-state index contributed by atoms with van der Waals surface area (Å²) in [6.07, 6.45) is -4.69. The van der Waals surface area contributed by atoms with Crippen molar-refractivity contribution in [1.82, 2.24) is 4.98 Å². The molecule has 0 amide bonds. The maximum absolute atomic E-state index is 12.2. The van der Waals surface area contributed by atoms with E-state index in [1.807, 2.05) is 0 Å². The number of carbonyl (C=O) groups is 1. The van der Waals surface area contributed by atoms with Crippen LogP contribution in [0.3, 0.4) is 0 Å². The molecular formula is C7H2Cl2F3NO. The zero-order chi connectivity index (χ0) is 10.9. The summed E-state index contributed by atoms with van der Waals surface area (Å²) in [6, 6.07) is 0.570. The molecule has 1 rings (SSSR count). The van der Waals surface area contributed by atoms with Crippen molar-refractivity contribution >= 4 is 29.5 Å². The highest BCUT2D eigenvalue weighted by Gasteiger charge is 2.35. The van der Waals surface area contributed by atoms with Crippen LogP contribution >= 0.6 is 23.2 Å². The van der Waals surface area contributed by atoms with Gasteiger partial charge in [0.25, 0.3) is 0 Å². The van der Waals surface area contributed by atoms with Crippen LogP contribution in [-0.4, -0.2) is 11.3 Å². The van der Waals surface area contributed by atoms with Crippen molar-refractivity contribution < 1.29 is 18.0 Å². The van der Waals surface area contributed by atoms with Crippen molar-refractivity contribution in [3.63, 3.8) is 0 Å². The van der Waals surface area contributed by atoms with E-state index in [0.717, 1.165) is 0 Å². The molecular weight excluding hydrogens is 242 g/mol. The zero-order valence-electron chi connectivity index (χ0n) is 6.40. The van der Waals surface area contributed by atoms with Crippen LogP contribution < -0.4 is 0 Å². The second-order valence-corrected chi connectivity index (χ2v) is 3.07. The van der Waals surface area contributed by atoms with Crippen LogP contribution in [0.2, 0.25) is 10.2 Å². The quantitative estimate of drug-likeness (QED) is 0.560. The highest BCUT2D eigenvalue weighted by atomic mass is 35.5. The van der Waals surface area contributed by atoms with Crippen LogP contribution in [0.1, 0.15) is 16.1 Å². The first-order chi connectivity index (χ1) is 6.36. The van der Waals surface area contributed by atoms with E-state index in [1.165, 1.54) is 0 Å². The molecule has 0 aliphatic rings. The molecule has 14 heavy (non-hydrogen) atoms. The van der Waals surface area contributed by atoms with Crippen molar-refractivity contribution in [3.05, 3.63) is 27.5 Å². The second kappa shape index (κ2) is 3.74. The highest BCUT2D eigenvalue weighted by molar-refractivity contribution is 6.41. The van der Waals surface area contributed by atoms with E-state index in [4.69, 9.17) is 23.2 Å². The van der Waals surface area contributed by atoms with E-state index in [1.54, 1.807) is 0 Å². The van der Waals surface area contributed by atoms with E-state index < -0.39 is 17.4 Å². The van der Waals surface area contributed by atoms with Gasteiger partial charge in [0.15, 0.2) is 6.29 Å². The van der Waals surface area contributed by atoms with Crippen LogP contribution in [0.15, 0.2) is 6.07 Å². The Morgan fingerprint density at radius 3 is 2.36 bits per heavy atom. The average molecular weight is 244 g/mol. The fraction of sp³-hybridized carbons (Fsp3) is 0.143. The molecule has 0 aromatic carbocycles. The molecule has 1 heterocycles. The van der Waals surface area contributed by atoms with Crippen molar-refractivity contribution in [2.45, 2.75) is 6.18 Å². The van der Waals surface area contributed by atoms with Gasteiger partial charge in [-0.05, 0) is 6.07 Å². The summed E-state index contributed by atoms with van der Waals surface area (Å²) >= 11 is 10.7. The minimum absolute atomic E-state index is 0.0228. The number of rotatable bonds is 1. The predicted octanol–water partition coefficient (Wildman–Crippen LogP) is 3.22. The van der Waals surface area contributed by atoms with Gasteiger partial charge < -0.3 is 0 Å². The molecule has 0 aliphatic heterocycles. The monoisotopic (exact) mass is 243 g/mol. The molecule has 0 spiro atoms. The van der Waals surface area contributed by atoms with Crippen molar-refractivity contribution in [2.75, 3.05) is 0 Å². The molecule has 0 atom stereocenters. The molecule has 0 N–H and O–H groups in total. The third-order valence-corrected chi connectivity index (χ3v) is 2.05. The number of aromatic nitrogens is 1. The summed E-state index contributed by atoms with van der Waals surface area (Å²) in [4.78, 5) is 13.5. The summed E-state index contributed by atoms with van der Waals surface area (Å²) in [5.41, 5.74) is -1.96. The summed E-state index contributed by atoms with van der Waals surface area (Å²) in [6.45, 7) is 0. The van der Waals surface area contributed by atoms with Gasteiger partial charge in [-0.25, -0.2) is 4.98 Å². The Labute approximate surface area is 86.6 Å². The van der Waals surface area contributed by atoms with Gasteiger partial charge in [0, 0.05) is 0 Å². The van der Waals surface area contributed by atoms with E-state index in [2.05, 4.69) is 4.98 Å². The summed E-state index contributed by atoms with van der Waals surface area (Å²) in [5.74, 6) is 0. The van der Waals surface area contributed by atoms with Crippen molar-refractivity contribution in [2.24, 2.45) is 0 Å². The van der Waals surface area contributed by atoms with Crippen LogP contribution in [0, 0.1) is 0 Å². The number of carbonyl (C=O) groups excluding carboxylic acids is 1. The highest BCUT2D eigenvalue weighted by Crippen LogP contribution is 2.34. The molecule has 0 fully saturated rings. The maximum atomic E-state index is 12.2. The molecule has 0 unspecified atom stereocenters. The molecule has 1 aromatic heterocycles. The minimum Gasteiger partial charge on any atom is -0.296 e. The number of hydrogen-bond acceptors (Lipinski definition) is 2. The van der Waals surface area contributed by atoms with Gasteiger partial charge in [-0.2, -0.15) is 13.2 Å². The Morgan fingerprint density at radius 1 is 1.36 bits per heavy atom. The van der Waals surface area contributed by atoms with Gasteiger partial charge in [0.05, 0.1) is 10.6 Å². The van der Waals surface area contributed by atoms with E-state index in [9.17, 15) is 18.0 Å². The van der Waals surface area contributed by atoms with Gasteiger partial charge in [-0.3, -0.25) is 4.79 Å². The smallest absolute Gasteiger partial charge is 0.296 e. The number of pyridine rings is 1. The number of halogens is 5. The van der Waals surface area contributed by atoms with Gasteiger partial charge >= 0.3 is 6.18 Å². The third-order valence-electron chi connectivity index (χ3n) is 1.38. The van der Waals surface area contributed by atoms with Gasteiger partial charge in [0.1, 0.15) is 10.8 Å². The maximum Gasteiger partial charge on any atom is 0.418 e. The van der Waals surface area contributed by atoms with E-state index >= 15 is 0 Å². The Bertz CT molecular complexity index is 378. The first-order valence-corrected chi connectivity index (χ1v) is 4.00. The van der Waals surface area contributed by atoms with Crippen LogP contribution in [-0.2, 0) is 6.18 Å². The van der Waals surface area contributed by atoms with E-state index in [0.29, 0.717) is 6.07 Å². The standard InChI is InChI=1S/C7H2Cl2F3NO/c8-4-1-3(7(10,11)12)5(2-14)13-6(4)9/h1-2H. The molecule has 0 aliphatic carbocycles. The lowest BCUT2D eigenvalue weighted by molar-refractivity contribution is -0.138. The molecule has 0 saturated carbocycles. The Hall–Kier alpha value is -0.810. The molecule has 2 nitrogen and oxygen atoms in total. The van der Waals surface area contributed by atoms with Crippen molar-refractivity contribution in [1.29, 1.82) is 0 Å². The van der Waals surface area contributed by atoms with Crippen molar-refractivity contribution in [3.8, 4) is 0 Å². The van der Waals surface area contributed by atoms with Crippen LogP contribution in [0.25, 0.3) is 0 Å². The molecule has 0 bridgehead atoms. The molecule has 0 saturated heterocycles. The Kier molecular flexibility index (Phi) is 3.01. The van der Waals surface area contributed by atoms with Crippen LogP contribution in [0.4, 0.5) is 13.2 Å². The first kappa shape index (κ1) is 11.3. The number of nitrogens with zero attached hydrogens (tertiary/aromatic N) is 1. The first-order valence-electron chi connectivity index (χ1n) is 3.24. The molecule has 7 heteroatoms. The molecule has 1 aromatic rings.